The highest BCUT2D eigenvalue weighted by Crippen LogP contribution is 2.20. The molecule has 0 bridgehead atoms. The molecule has 28 heavy (non-hydrogen) atoms. The van der Waals surface area contributed by atoms with Crippen LogP contribution >= 0.6 is 0 Å². The molecule has 3 aromatic rings. The van der Waals surface area contributed by atoms with Gasteiger partial charge in [0.2, 0.25) is 11.8 Å². The number of carbonyl (C=O) groups excluding carboxylic acids is 2. The molecule has 10 nitrogen and oxygen atoms in total. The summed E-state index contributed by atoms with van der Waals surface area (Å²) in [5.74, 6) is -1.46. The molecule has 0 aliphatic carbocycles. The summed E-state index contributed by atoms with van der Waals surface area (Å²) in [6.45, 7) is 0.220. The van der Waals surface area contributed by atoms with Crippen molar-refractivity contribution in [3.63, 3.8) is 0 Å². The van der Waals surface area contributed by atoms with Crippen molar-refractivity contribution in [3.05, 3.63) is 68.7 Å². The minimum absolute atomic E-state index is 0.123. The molecule has 144 valence electrons. The number of nitro groups is 1. The Kier molecular flexibility index (Phi) is 5.21. The van der Waals surface area contributed by atoms with Gasteiger partial charge in [0.25, 0.3) is 5.69 Å². The average molecular weight is 384 g/mol. The maximum atomic E-state index is 12.0. The number of carbonyl (C=O) groups is 2. The highest BCUT2D eigenvalue weighted by molar-refractivity contribution is 5.94. The second-order valence-corrected chi connectivity index (χ2v) is 6.02. The Morgan fingerprint density at radius 1 is 1.18 bits per heavy atom. The van der Waals surface area contributed by atoms with Gasteiger partial charge in [0.05, 0.1) is 16.5 Å². The molecule has 10 heteroatoms. The third-order valence-corrected chi connectivity index (χ3v) is 4.10. The van der Waals surface area contributed by atoms with Gasteiger partial charge in [-0.3, -0.25) is 24.3 Å². The molecule has 3 rings (SSSR count). The Labute approximate surface area is 157 Å². The summed E-state index contributed by atoms with van der Waals surface area (Å²) < 4.78 is 6.37. The van der Waals surface area contributed by atoms with E-state index in [2.05, 4.69) is 5.32 Å². The lowest BCUT2D eigenvalue weighted by Crippen LogP contribution is -2.17. The van der Waals surface area contributed by atoms with Gasteiger partial charge in [-0.1, -0.05) is 0 Å². The van der Waals surface area contributed by atoms with Crippen LogP contribution in [0.1, 0.15) is 23.2 Å². The van der Waals surface area contributed by atoms with E-state index >= 15 is 0 Å². The van der Waals surface area contributed by atoms with E-state index in [0.29, 0.717) is 23.2 Å². The lowest BCUT2D eigenvalue weighted by Gasteiger charge is -2.06. The largest absolute Gasteiger partial charge is 0.419 e. The molecule has 0 spiro atoms. The van der Waals surface area contributed by atoms with E-state index in [1.165, 1.54) is 34.9 Å². The van der Waals surface area contributed by atoms with Crippen LogP contribution in [0.4, 0.5) is 11.4 Å². The minimum atomic E-state index is -0.641. The minimum Gasteiger partial charge on any atom is -0.407 e. The first-order chi connectivity index (χ1) is 13.3. The molecule has 1 aromatic heterocycles. The topological polar surface area (TPSA) is 150 Å². The standard InChI is InChI=1S/C18H16N4O6/c19-17(24)11-3-5-12(6-4-11)20-16(23)2-1-9-21-14-8-7-13(22(26)27)10-15(14)28-18(21)25/h3-8,10H,1-2,9H2,(H2,19,24)(H,20,23). The second kappa shape index (κ2) is 7.74. The molecule has 0 saturated heterocycles. The van der Waals surface area contributed by atoms with Crippen molar-refractivity contribution < 1.29 is 18.9 Å². The molecule has 1 heterocycles. The molecule has 0 aliphatic heterocycles. The van der Waals surface area contributed by atoms with Crippen LogP contribution < -0.4 is 16.8 Å². The van der Waals surface area contributed by atoms with Crippen molar-refractivity contribution in [2.24, 2.45) is 5.73 Å². The SMILES string of the molecule is NC(=O)c1ccc(NC(=O)CCCn2c(=O)oc3cc([N+](=O)[O-])ccc32)cc1. The van der Waals surface area contributed by atoms with Gasteiger partial charge >= 0.3 is 5.76 Å². The summed E-state index contributed by atoms with van der Waals surface area (Å²) in [5.41, 5.74) is 6.40. The van der Waals surface area contributed by atoms with E-state index < -0.39 is 16.6 Å². The third kappa shape index (κ3) is 4.06. The second-order valence-electron chi connectivity index (χ2n) is 6.02. The lowest BCUT2D eigenvalue weighted by atomic mass is 10.2. The smallest absolute Gasteiger partial charge is 0.407 e. The predicted octanol–water partition coefficient (Wildman–Crippen LogP) is 2.02. The molecule has 2 amide bonds. The number of nitrogens with zero attached hydrogens (tertiary/aromatic N) is 2. The highest BCUT2D eigenvalue weighted by Gasteiger charge is 2.14. The Morgan fingerprint density at radius 2 is 1.89 bits per heavy atom. The first kappa shape index (κ1) is 18.8. The number of benzene rings is 2. The summed E-state index contributed by atoms with van der Waals surface area (Å²) in [6, 6.07) is 10.1. The summed E-state index contributed by atoms with van der Waals surface area (Å²) in [7, 11) is 0. The van der Waals surface area contributed by atoms with E-state index in [4.69, 9.17) is 10.2 Å². The summed E-state index contributed by atoms with van der Waals surface area (Å²) in [6.07, 6.45) is 0.500. The maximum absolute atomic E-state index is 12.0. The zero-order valence-electron chi connectivity index (χ0n) is 14.6. The monoisotopic (exact) mass is 384 g/mol. The first-order valence-electron chi connectivity index (χ1n) is 8.32. The van der Waals surface area contributed by atoms with E-state index in [-0.39, 0.29) is 30.1 Å². The number of anilines is 1. The Hall–Kier alpha value is -3.95. The molecular formula is C18H16N4O6. The van der Waals surface area contributed by atoms with Gasteiger partial charge in [-0.05, 0) is 36.8 Å². The van der Waals surface area contributed by atoms with E-state index in [1.807, 2.05) is 0 Å². The van der Waals surface area contributed by atoms with Crippen molar-refractivity contribution in [3.8, 4) is 0 Å². The summed E-state index contributed by atoms with van der Waals surface area (Å²) in [5, 5.41) is 13.5. The van der Waals surface area contributed by atoms with Gasteiger partial charge in [-0.25, -0.2) is 4.79 Å². The summed E-state index contributed by atoms with van der Waals surface area (Å²) in [4.78, 5) is 45.3. The fraction of sp³-hybridized carbons (Fsp3) is 0.167. The van der Waals surface area contributed by atoms with Crippen LogP contribution in [0.25, 0.3) is 11.1 Å². The van der Waals surface area contributed by atoms with Gasteiger partial charge in [0.1, 0.15) is 0 Å². The lowest BCUT2D eigenvalue weighted by molar-refractivity contribution is -0.384. The van der Waals surface area contributed by atoms with E-state index in [9.17, 15) is 24.5 Å². The molecular weight excluding hydrogens is 368 g/mol. The third-order valence-electron chi connectivity index (χ3n) is 4.10. The van der Waals surface area contributed by atoms with Crippen LogP contribution in [0.2, 0.25) is 0 Å². The number of hydrogen-bond donors (Lipinski definition) is 2. The molecule has 0 radical (unpaired) electrons. The predicted molar refractivity (Wildman–Crippen MR) is 100.0 cm³/mol. The number of aromatic nitrogens is 1. The Balaban J connectivity index is 1.60. The number of rotatable bonds is 7. The van der Waals surface area contributed by atoms with E-state index in [1.54, 1.807) is 12.1 Å². The fourth-order valence-electron chi connectivity index (χ4n) is 2.72. The van der Waals surface area contributed by atoms with Gasteiger partial charge in [-0.2, -0.15) is 0 Å². The quantitative estimate of drug-likeness (QED) is 0.470. The van der Waals surface area contributed by atoms with Crippen molar-refractivity contribution in [1.29, 1.82) is 0 Å². The molecule has 0 aliphatic rings. The fourth-order valence-corrected chi connectivity index (χ4v) is 2.72. The number of nitrogens with one attached hydrogen (secondary N) is 1. The van der Waals surface area contributed by atoms with Crippen LogP contribution in [0.5, 0.6) is 0 Å². The number of hydrogen-bond acceptors (Lipinski definition) is 6. The van der Waals surface area contributed by atoms with Crippen LogP contribution in [-0.4, -0.2) is 21.3 Å². The van der Waals surface area contributed by atoms with Crippen molar-refractivity contribution >= 4 is 34.3 Å². The van der Waals surface area contributed by atoms with Gasteiger partial charge < -0.3 is 15.5 Å². The number of amides is 2. The zero-order valence-corrected chi connectivity index (χ0v) is 14.6. The molecule has 3 N–H and O–H groups in total. The maximum Gasteiger partial charge on any atom is 0.419 e. The van der Waals surface area contributed by atoms with Crippen molar-refractivity contribution in [2.45, 2.75) is 19.4 Å². The molecule has 0 saturated carbocycles. The number of nitrogens with two attached hydrogens (primary N) is 1. The molecule has 2 aromatic carbocycles. The Morgan fingerprint density at radius 3 is 2.54 bits per heavy atom. The normalized spacial score (nSPS) is 10.7. The van der Waals surface area contributed by atoms with Crippen LogP contribution in [0, 0.1) is 10.1 Å². The number of fused-ring (bicyclic) bond motifs is 1. The number of primary amides is 1. The Bertz CT molecular complexity index is 1110. The molecule has 0 atom stereocenters. The number of aryl methyl sites for hydroxylation is 1. The number of non-ortho nitro benzene ring substituents is 1. The number of nitro benzene ring substituents is 1. The van der Waals surface area contributed by atoms with Gasteiger partial charge in [-0.15, -0.1) is 0 Å². The molecule has 0 fully saturated rings. The first-order valence-corrected chi connectivity index (χ1v) is 8.32. The average Bonchev–Trinajstić information content (AvgIpc) is 2.96. The van der Waals surface area contributed by atoms with E-state index in [0.717, 1.165) is 0 Å². The highest BCUT2D eigenvalue weighted by atomic mass is 16.6. The summed E-state index contributed by atoms with van der Waals surface area (Å²) >= 11 is 0. The van der Waals surface area contributed by atoms with Gasteiger partial charge in [0, 0.05) is 30.3 Å². The van der Waals surface area contributed by atoms with Crippen LogP contribution in [-0.2, 0) is 11.3 Å². The van der Waals surface area contributed by atoms with Crippen molar-refractivity contribution in [1.82, 2.24) is 4.57 Å². The zero-order chi connectivity index (χ0) is 20.3. The number of oxazole rings is 1. The van der Waals surface area contributed by atoms with Crippen LogP contribution in [0.3, 0.4) is 0 Å². The van der Waals surface area contributed by atoms with Gasteiger partial charge in [0.15, 0.2) is 5.58 Å². The van der Waals surface area contributed by atoms with Crippen LogP contribution in [0.15, 0.2) is 51.7 Å². The molecule has 0 unspecified atom stereocenters. The van der Waals surface area contributed by atoms with Crippen molar-refractivity contribution in [2.75, 3.05) is 5.32 Å².